The van der Waals surface area contributed by atoms with E-state index >= 15 is 0 Å². The largest absolute Gasteiger partial charge is 0.324 e. The molecule has 2 rings (SSSR count). The molecule has 1 atom stereocenters. The first-order chi connectivity index (χ1) is 6.18. The van der Waals surface area contributed by atoms with Gasteiger partial charge in [-0.2, -0.15) is 0 Å². The van der Waals surface area contributed by atoms with Gasteiger partial charge in [-0.05, 0) is 51.1 Å². The molecule has 0 amide bonds. The number of likely N-dealkylation sites (tertiary alicyclic amines) is 1. The molecule has 0 aromatic carbocycles. The summed E-state index contributed by atoms with van der Waals surface area (Å²) in [5.74, 6) is 0.929. The molecule has 76 valence electrons. The van der Waals surface area contributed by atoms with Crippen molar-refractivity contribution in [2.24, 2.45) is 11.7 Å². The molecule has 2 fully saturated rings. The number of hydrogen-bond acceptors (Lipinski definition) is 2. The van der Waals surface area contributed by atoms with Crippen molar-refractivity contribution in [2.75, 3.05) is 19.6 Å². The molecule has 2 N–H and O–H groups in total. The van der Waals surface area contributed by atoms with Crippen LogP contribution in [0, 0.1) is 5.92 Å². The number of nitrogens with two attached hydrogens (primary N) is 1. The summed E-state index contributed by atoms with van der Waals surface area (Å²) in [6.45, 7) is 6.09. The van der Waals surface area contributed by atoms with Crippen LogP contribution in [0.4, 0.5) is 0 Å². The fourth-order valence-corrected chi connectivity index (χ4v) is 2.24. The third kappa shape index (κ3) is 2.68. The molecule has 0 aromatic rings. The summed E-state index contributed by atoms with van der Waals surface area (Å²) in [7, 11) is 0. The molecule has 1 saturated heterocycles. The number of rotatable bonds is 2. The van der Waals surface area contributed by atoms with Crippen molar-refractivity contribution in [2.45, 2.75) is 44.6 Å². The Hall–Kier alpha value is -0.0800. The van der Waals surface area contributed by atoms with Crippen LogP contribution in [-0.2, 0) is 0 Å². The Labute approximate surface area is 81.5 Å². The van der Waals surface area contributed by atoms with Crippen LogP contribution in [0.5, 0.6) is 0 Å². The molecule has 1 aliphatic carbocycles. The topological polar surface area (TPSA) is 29.3 Å². The summed E-state index contributed by atoms with van der Waals surface area (Å²) >= 11 is 0. The van der Waals surface area contributed by atoms with Gasteiger partial charge in [-0.1, -0.05) is 6.92 Å². The average molecular weight is 182 g/mol. The van der Waals surface area contributed by atoms with Gasteiger partial charge in [-0.3, -0.25) is 0 Å². The summed E-state index contributed by atoms with van der Waals surface area (Å²) in [6, 6.07) is 0. The minimum absolute atomic E-state index is 0.216. The van der Waals surface area contributed by atoms with Crippen LogP contribution in [0.15, 0.2) is 0 Å². The van der Waals surface area contributed by atoms with Crippen molar-refractivity contribution in [3.8, 4) is 0 Å². The highest BCUT2D eigenvalue weighted by Gasteiger charge is 2.39. The van der Waals surface area contributed by atoms with Crippen LogP contribution in [0.3, 0.4) is 0 Å². The van der Waals surface area contributed by atoms with E-state index in [1.54, 1.807) is 0 Å². The van der Waals surface area contributed by atoms with Crippen LogP contribution in [0.25, 0.3) is 0 Å². The van der Waals surface area contributed by atoms with Crippen molar-refractivity contribution in [3.05, 3.63) is 0 Å². The van der Waals surface area contributed by atoms with E-state index in [0.717, 1.165) is 12.5 Å². The molecule has 1 heterocycles. The van der Waals surface area contributed by atoms with E-state index in [1.807, 2.05) is 0 Å². The fraction of sp³-hybridized carbons (Fsp3) is 1.00. The lowest BCUT2D eigenvalue weighted by Crippen LogP contribution is -2.39. The summed E-state index contributed by atoms with van der Waals surface area (Å²) in [5.41, 5.74) is 6.34. The average Bonchev–Trinajstić information content (AvgIpc) is 2.81. The molecule has 2 nitrogen and oxygen atoms in total. The Morgan fingerprint density at radius 1 is 1.31 bits per heavy atom. The van der Waals surface area contributed by atoms with Crippen LogP contribution >= 0.6 is 0 Å². The lowest BCUT2D eigenvalue weighted by molar-refractivity contribution is 0.257. The molecule has 0 spiro atoms. The van der Waals surface area contributed by atoms with Crippen LogP contribution < -0.4 is 5.73 Å². The van der Waals surface area contributed by atoms with Crippen LogP contribution in [-0.4, -0.2) is 30.1 Å². The molecule has 2 heteroatoms. The minimum atomic E-state index is 0.216. The van der Waals surface area contributed by atoms with Crippen molar-refractivity contribution >= 4 is 0 Å². The Kier molecular flexibility index (Phi) is 2.61. The second-order valence-electron chi connectivity index (χ2n) is 5.17. The summed E-state index contributed by atoms with van der Waals surface area (Å²) in [6.07, 6.45) is 6.65. The van der Waals surface area contributed by atoms with Gasteiger partial charge in [-0.25, -0.2) is 0 Å². The van der Waals surface area contributed by atoms with Gasteiger partial charge in [0.25, 0.3) is 0 Å². The molecule has 0 radical (unpaired) electrons. The molecule has 2 aliphatic rings. The zero-order chi connectivity index (χ0) is 9.31. The third-order valence-electron chi connectivity index (χ3n) is 3.54. The molecular formula is C11H22N2. The number of hydrogen-bond donors (Lipinski definition) is 1. The molecule has 0 bridgehead atoms. The highest BCUT2D eigenvalue weighted by atomic mass is 15.2. The molecule has 1 aliphatic heterocycles. The molecular weight excluding hydrogens is 160 g/mol. The van der Waals surface area contributed by atoms with Gasteiger partial charge in [-0.15, -0.1) is 0 Å². The normalized spacial score (nSPS) is 34.2. The first kappa shape index (κ1) is 9.47. The van der Waals surface area contributed by atoms with Crippen molar-refractivity contribution in [1.29, 1.82) is 0 Å². The minimum Gasteiger partial charge on any atom is -0.324 e. The maximum atomic E-state index is 6.12. The van der Waals surface area contributed by atoms with Crippen LogP contribution in [0.2, 0.25) is 0 Å². The standard InChI is InChI=1S/C11H22N2/c1-10-3-2-7-13(8-4-10)9-11(12)5-6-11/h10H,2-9,12H2,1H3. The molecule has 1 unspecified atom stereocenters. The fourth-order valence-electron chi connectivity index (χ4n) is 2.24. The second kappa shape index (κ2) is 3.58. The van der Waals surface area contributed by atoms with E-state index in [4.69, 9.17) is 5.73 Å². The Balaban J connectivity index is 1.78. The summed E-state index contributed by atoms with van der Waals surface area (Å²) in [4.78, 5) is 2.58. The first-order valence-corrected chi connectivity index (χ1v) is 5.69. The zero-order valence-corrected chi connectivity index (χ0v) is 8.76. The van der Waals surface area contributed by atoms with Gasteiger partial charge >= 0.3 is 0 Å². The highest BCUT2D eigenvalue weighted by Crippen LogP contribution is 2.33. The van der Waals surface area contributed by atoms with Crippen LogP contribution in [0.1, 0.15) is 39.0 Å². The van der Waals surface area contributed by atoms with Gasteiger partial charge < -0.3 is 10.6 Å². The quantitative estimate of drug-likeness (QED) is 0.703. The maximum Gasteiger partial charge on any atom is 0.0284 e. The lowest BCUT2D eigenvalue weighted by Gasteiger charge is -2.23. The zero-order valence-electron chi connectivity index (χ0n) is 8.76. The van der Waals surface area contributed by atoms with Crippen molar-refractivity contribution < 1.29 is 0 Å². The van der Waals surface area contributed by atoms with Crippen molar-refractivity contribution in [3.63, 3.8) is 0 Å². The highest BCUT2D eigenvalue weighted by molar-refractivity contribution is 5.01. The first-order valence-electron chi connectivity index (χ1n) is 5.69. The van der Waals surface area contributed by atoms with E-state index < -0.39 is 0 Å². The Morgan fingerprint density at radius 2 is 2.08 bits per heavy atom. The van der Waals surface area contributed by atoms with Gasteiger partial charge in [0.2, 0.25) is 0 Å². The molecule has 13 heavy (non-hydrogen) atoms. The van der Waals surface area contributed by atoms with E-state index in [2.05, 4.69) is 11.8 Å². The van der Waals surface area contributed by atoms with Crippen molar-refractivity contribution in [1.82, 2.24) is 4.90 Å². The monoisotopic (exact) mass is 182 g/mol. The predicted octanol–water partition coefficient (Wildman–Crippen LogP) is 1.60. The maximum absolute atomic E-state index is 6.12. The Morgan fingerprint density at radius 3 is 2.77 bits per heavy atom. The van der Waals surface area contributed by atoms with E-state index in [9.17, 15) is 0 Å². The van der Waals surface area contributed by atoms with Gasteiger partial charge in [0.1, 0.15) is 0 Å². The van der Waals surface area contributed by atoms with E-state index in [0.29, 0.717) is 0 Å². The number of nitrogens with zero attached hydrogens (tertiary/aromatic N) is 1. The van der Waals surface area contributed by atoms with Gasteiger partial charge in [0.05, 0.1) is 0 Å². The smallest absolute Gasteiger partial charge is 0.0284 e. The second-order valence-corrected chi connectivity index (χ2v) is 5.17. The third-order valence-corrected chi connectivity index (χ3v) is 3.54. The lowest BCUT2D eigenvalue weighted by atomic mass is 10.0. The SMILES string of the molecule is CC1CCCN(CC2(N)CC2)CC1. The summed E-state index contributed by atoms with van der Waals surface area (Å²) < 4.78 is 0. The summed E-state index contributed by atoms with van der Waals surface area (Å²) in [5, 5.41) is 0. The predicted molar refractivity (Wildman–Crippen MR) is 55.6 cm³/mol. The molecule has 1 saturated carbocycles. The van der Waals surface area contributed by atoms with Gasteiger partial charge in [0.15, 0.2) is 0 Å². The Bertz CT molecular complexity index is 175. The molecule has 0 aromatic heterocycles. The van der Waals surface area contributed by atoms with E-state index in [1.165, 1.54) is 45.2 Å². The van der Waals surface area contributed by atoms with Gasteiger partial charge in [0, 0.05) is 12.1 Å². The van der Waals surface area contributed by atoms with E-state index in [-0.39, 0.29) is 5.54 Å².